The molecular weight excluding hydrogens is 408 g/mol. The van der Waals surface area contributed by atoms with Crippen LogP contribution in [0.4, 0.5) is 5.82 Å². The lowest BCUT2D eigenvalue weighted by Crippen LogP contribution is -2.14. The fraction of sp³-hybridized carbons (Fsp3) is 0.0870. The van der Waals surface area contributed by atoms with Gasteiger partial charge in [0.25, 0.3) is 0 Å². The first-order valence-electron chi connectivity index (χ1n) is 9.62. The van der Waals surface area contributed by atoms with Gasteiger partial charge in [-0.25, -0.2) is 9.97 Å². The second kappa shape index (κ2) is 9.36. The number of nitrogens with zero attached hydrogens (tertiary/aromatic N) is 4. The molecule has 154 valence electrons. The van der Waals surface area contributed by atoms with Crippen molar-refractivity contribution in [1.29, 1.82) is 0 Å². The molecule has 0 radical (unpaired) electrons. The molecular formula is C23H20N6OS. The number of rotatable bonds is 8. The number of thioether (sulfide) groups is 1. The lowest BCUT2D eigenvalue weighted by molar-refractivity contribution is -0.115. The third-order valence-corrected chi connectivity index (χ3v) is 5.34. The third-order valence-electron chi connectivity index (χ3n) is 4.47. The standard InChI is InChI=1S/C23H20N6OS/c1-2-13-25-21-19-18(15-9-5-3-6-10-15)20(16-11-7-4-8-12-16)28-29-22(19)27-23(26-21)31-14-17(24)30/h2-12H,1,13-14H2,(H2,24,30)(H,25,26,27,29). The van der Waals surface area contributed by atoms with Gasteiger partial charge in [-0.15, -0.1) is 16.8 Å². The van der Waals surface area contributed by atoms with Crippen molar-refractivity contribution in [2.45, 2.75) is 5.16 Å². The van der Waals surface area contributed by atoms with Crippen LogP contribution < -0.4 is 11.1 Å². The summed E-state index contributed by atoms with van der Waals surface area (Å²) >= 11 is 1.16. The molecule has 7 nitrogen and oxygen atoms in total. The Balaban J connectivity index is 2.01. The SMILES string of the molecule is C=CCNc1nc(SCC(N)=O)nc2nnc(-c3ccccc3)c(-c3ccccc3)c12. The van der Waals surface area contributed by atoms with Crippen LogP contribution in [0, 0.1) is 0 Å². The number of carbonyl (C=O) groups is 1. The van der Waals surface area contributed by atoms with Crippen LogP contribution >= 0.6 is 11.8 Å². The number of anilines is 1. The third kappa shape index (κ3) is 4.54. The molecule has 2 aromatic carbocycles. The summed E-state index contributed by atoms with van der Waals surface area (Å²) in [6.45, 7) is 4.29. The Morgan fingerprint density at radius 3 is 2.32 bits per heavy atom. The smallest absolute Gasteiger partial charge is 0.227 e. The first-order valence-corrected chi connectivity index (χ1v) is 10.6. The number of hydrogen-bond acceptors (Lipinski definition) is 7. The second-order valence-corrected chi connectivity index (χ2v) is 7.58. The number of carbonyl (C=O) groups excluding carboxylic acids is 1. The first-order chi connectivity index (χ1) is 15.2. The monoisotopic (exact) mass is 428 g/mol. The molecule has 0 bridgehead atoms. The normalized spacial score (nSPS) is 10.7. The Morgan fingerprint density at radius 1 is 1.00 bits per heavy atom. The fourth-order valence-corrected chi connectivity index (χ4v) is 3.76. The average Bonchev–Trinajstić information content (AvgIpc) is 2.81. The van der Waals surface area contributed by atoms with Crippen molar-refractivity contribution in [2.24, 2.45) is 5.73 Å². The van der Waals surface area contributed by atoms with Crippen molar-refractivity contribution in [3.05, 3.63) is 73.3 Å². The Hall–Kier alpha value is -3.78. The molecule has 0 atom stereocenters. The van der Waals surface area contributed by atoms with E-state index in [4.69, 9.17) is 5.73 Å². The van der Waals surface area contributed by atoms with E-state index in [-0.39, 0.29) is 5.75 Å². The highest BCUT2D eigenvalue weighted by molar-refractivity contribution is 7.99. The van der Waals surface area contributed by atoms with Crippen LogP contribution in [0.1, 0.15) is 0 Å². The zero-order valence-electron chi connectivity index (χ0n) is 16.7. The van der Waals surface area contributed by atoms with E-state index >= 15 is 0 Å². The van der Waals surface area contributed by atoms with Crippen LogP contribution in [0.3, 0.4) is 0 Å². The number of hydrogen-bond donors (Lipinski definition) is 2. The molecule has 4 rings (SSSR count). The molecule has 0 aliphatic heterocycles. The highest BCUT2D eigenvalue weighted by atomic mass is 32.2. The highest BCUT2D eigenvalue weighted by Crippen LogP contribution is 2.38. The van der Waals surface area contributed by atoms with Gasteiger partial charge >= 0.3 is 0 Å². The topological polar surface area (TPSA) is 107 Å². The summed E-state index contributed by atoms with van der Waals surface area (Å²) < 4.78 is 0. The van der Waals surface area contributed by atoms with Gasteiger partial charge in [-0.2, -0.15) is 0 Å². The first kappa shape index (κ1) is 20.5. The quantitative estimate of drug-likeness (QED) is 0.249. The van der Waals surface area contributed by atoms with E-state index in [1.807, 2.05) is 60.7 Å². The maximum absolute atomic E-state index is 11.2. The summed E-state index contributed by atoms with van der Waals surface area (Å²) in [6, 6.07) is 19.9. The number of primary amides is 1. The molecule has 0 saturated heterocycles. The zero-order chi connectivity index (χ0) is 21.6. The number of aromatic nitrogens is 4. The van der Waals surface area contributed by atoms with Gasteiger partial charge in [-0.1, -0.05) is 78.5 Å². The number of amides is 1. The highest BCUT2D eigenvalue weighted by Gasteiger charge is 2.20. The zero-order valence-corrected chi connectivity index (χ0v) is 17.5. The minimum absolute atomic E-state index is 0.0769. The maximum atomic E-state index is 11.2. The van der Waals surface area contributed by atoms with Gasteiger partial charge in [0.1, 0.15) is 11.5 Å². The summed E-state index contributed by atoms with van der Waals surface area (Å²) in [5, 5.41) is 13.4. The molecule has 0 spiro atoms. The van der Waals surface area contributed by atoms with E-state index in [0.717, 1.165) is 39.5 Å². The van der Waals surface area contributed by atoms with Crippen LogP contribution in [-0.4, -0.2) is 38.4 Å². The molecule has 0 fully saturated rings. The number of nitrogens with two attached hydrogens (primary N) is 1. The van der Waals surface area contributed by atoms with Crippen LogP contribution in [0.25, 0.3) is 33.4 Å². The lowest BCUT2D eigenvalue weighted by atomic mass is 9.97. The van der Waals surface area contributed by atoms with Crippen LogP contribution in [0.5, 0.6) is 0 Å². The molecule has 2 heterocycles. The minimum atomic E-state index is -0.440. The Labute approximate surface area is 183 Å². The van der Waals surface area contributed by atoms with Gasteiger partial charge in [0.05, 0.1) is 11.1 Å². The molecule has 4 aromatic rings. The van der Waals surface area contributed by atoms with E-state index in [9.17, 15) is 4.79 Å². The van der Waals surface area contributed by atoms with Gasteiger partial charge in [0.2, 0.25) is 5.91 Å². The predicted octanol–water partition coefficient (Wildman–Crippen LogP) is 3.93. The molecule has 2 aromatic heterocycles. The van der Waals surface area contributed by atoms with Gasteiger partial charge in [-0.05, 0) is 5.56 Å². The van der Waals surface area contributed by atoms with E-state index < -0.39 is 5.91 Å². The summed E-state index contributed by atoms with van der Waals surface area (Å²) in [7, 11) is 0. The summed E-state index contributed by atoms with van der Waals surface area (Å²) in [6.07, 6.45) is 1.75. The van der Waals surface area contributed by atoms with E-state index in [1.54, 1.807) is 6.08 Å². The van der Waals surface area contributed by atoms with Crippen molar-refractivity contribution >= 4 is 34.5 Å². The van der Waals surface area contributed by atoms with Crippen LogP contribution in [0.15, 0.2) is 78.5 Å². The molecule has 0 saturated carbocycles. The fourth-order valence-electron chi connectivity index (χ4n) is 3.18. The molecule has 8 heteroatoms. The molecule has 0 aliphatic carbocycles. The number of nitrogens with one attached hydrogen (secondary N) is 1. The Morgan fingerprint density at radius 2 is 1.68 bits per heavy atom. The van der Waals surface area contributed by atoms with Crippen molar-refractivity contribution in [2.75, 3.05) is 17.6 Å². The van der Waals surface area contributed by atoms with Crippen molar-refractivity contribution in [1.82, 2.24) is 20.2 Å². The van der Waals surface area contributed by atoms with Gasteiger partial charge in [0.15, 0.2) is 10.8 Å². The molecule has 3 N–H and O–H groups in total. The number of fused-ring (bicyclic) bond motifs is 1. The lowest BCUT2D eigenvalue weighted by Gasteiger charge is -2.15. The summed E-state index contributed by atoms with van der Waals surface area (Å²) in [5.41, 5.74) is 9.26. The Kier molecular flexibility index (Phi) is 6.18. The van der Waals surface area contributed by atoms with E-state index in [0.29, 0.717) is 23.2 Å². The van der Waals surface area contributed by atoms with Crippen molar-refractivity contribution < 1.29 is 4.79 Å². The maximum Gasteiger partial charge on any atom is 0.227 e. The molecule has 31 heavy (non-hydrogen) atoms. The molecule has 0 unspecified atom stereocenters. The average molecular weight is 429 g/mol. The summed E-state index contributed by atoms with van der Waals surface area (Å²) in [5.74, 6) is 0.237. The largest absolute Gasteiger partial charge is 0.369 e. The molecule has 1 amide bonds. The number of benzene rings is 2. The van der Waals surface area contributed by atoms with Crippen LogP contribution in [0.2, 0.25) is 0 Å². The molecule has 0 aliphatic rings. The van der Waals surface area contributed by atoms with Gasteiger partial charge in [0, 0.05) is 17.7 Å². The van der Waals surface area contributed by atoms with E-state index in [1.165, 1.54) is 0 Å². The predicted molar refractivity (Wildman–Crippen MR) is 125 cm³/mol. The second-order valence-electron chi connectivity index (χ2n) is 6.63. The summed E-state index contributed by atoms with van der Waals surface area (Å²) in [4.78, 5) is 20.4. The van der Waals surface area contributed by atoms with Gasteiger partial charge in [-0.3, -0.25) is 4.79 Å². The van der Waals surface area contributed by atoms with Crippen LogP contribution in [-0.2, 0) is 4.79 Å². The Bertz CT molecular complexity index is 1230. The van der Waals surface area contributed by atoms with Gasteiger partial charge < -0.3 is 11.1 Å². The van der Waals surface area contributed by atoms with E-state index in [2.05, 4.69) is 32.1 Å². The van der Waals surface area contributed by atoms with Crippen molar-refractivity contribution in [3.8, 4) is 22.4 Å². The van der Waals surface area contributed by atoms with Crippen molar-refractivity contribution in [3.63, 3.8) is 0 Å². The minimum Gasteiger partial charge on any atom is -0.369 e.